The average Bonchev–Trinajstić information content (AvgIpc) is 3.31. The van der Waals surface area contributed by atoms with Gasteiger partial charge in [-0.2, -0.15) is 0 Å². The molecule has 4 rings (SSSR count). The van der Waals surface area contributed by atoms with Crippen molar-refractivity contribution in [2.24, 2.45) is 7.05 Å². The molecule has 34 heavy (non-hydrogen) atoms. The first-order valence-electron chi connectivity index (χ1n) is 12.0. The molecule has 3 unspecified atom stereocenters. The van der Waals surface area contributed by atoms with Gasteiger partial charge < -0.3 is 14.6 Å². The Bertz CT molecular complexity index is 1230. The molecule has 1 aliphatic carbocycles. The number of anilines is 1. The summed E-state index contributed by atoms with van der Waals surface area (Å²) in [5.74, 6) is -0.530. The molecule has 6 heteroatoms. The topological polar surface area (TPSA) is 62.5 Å². The van der Waals surface area contributed by atoms with Crippen molar-refractivity contribution in [3.8, 4) is 0 Å². The van der Waals surface area contributed by atoms with Crippen LogP contribution in [0.25, 0.3) is 10.9 Å². The fraction of sp³-hybridized carbons (Fsp3) is 0.429. The lowest BCUT2D eigenvalue weighted by atomic mass is 9.86. The van der Waals surface area contributed by atoms with Gasteiger partial charge >= 0.3 is 0 Å². The first-order valence-corrected chi connectivity index (χ1v) is 12.0. The molecule has 1 saturated carbocycles. The summed E-state index contributed by atoms with van der Waals surface area (Å²) in [5, 5.41) is 11.9. The summed E-state index contributed by atoms with van der Waals surface area (Å²) in [4.78, 5) is 27.1. The van der Waals surface area contributed by atoms with Crippen LogP contribution < -0.4 is 4.90 Å². The maximum Gasteiger partial charge on any atom is 0.214 e. The Labute approximate surface area is 200 Å². The number of aromatic nitrogens is 1. The number of halogens is 1. The molecule has 5 nitrogen and oxygen atoms in total. The zero-order valence-corrected chi connectivity index (χ0v) is 20.5. The molecule has 0 saturated heterocycles. The summed E-state index contributed by atoms with van der Waals surface area (Å²) in [5.41, 5.74) is 2.83. The van der Waals surface area contributed by atoms with Gasteiger partial charge in [0.05, 0.1) is 5.69 Å². The van der Waals surface area contributed by atoms with Crippen LogP contribution >= 0.6 is 0 Å². The van der Waals surface area contributed by atoms with E-state index in [1.807, 2.05) is 42.8 Å². The minimum Gasteiger partial charge on any atom is -0.384 e. The lowest BCUT2D eigenvalue weighted by Crippen LogP contribution is -2.32. The maximum absolute atomic E-state index is 14.3. The van der Waals surface area contributed by atoms with Crippen LogP contribution in [0.2, 0.25) is 0 Å². The number of benzene rings is 2. The van der Waals surface area contributed by atoms with Crippen LogP contribution in [0, 0.1) is 5.82 Å². The van der Waals surface area contributed by atoms with Gasteiger partial charge in [0.1, 0.15) is 17.2 Å². The van der Waals surface area contributed by atoms with Crippen LogP contribution in [0.1, 0.15) is 75.6 Å². The Hall–Kier alpha value is -2.99. The molecular weight excluding hydrogens is 431 g/mol. The van der Waals surface area contributed by atoms with E-state index in [0.29, 0.717) is 35.4 Å². The van der Waals surface area contributed by atoms with Crippen LogP contribution in [0.4, 0.5) is 10.1 Å². The van der Waals surface area contributed by atoms with Gasteiger partial charge in [-0.25, -0.2) is 4.39 Å². The van der Waals surface area contributed by atoms with Crippen LogP contribution in [0.3, 0.4) is 0 Å². The third kappa shape index (κ3) is 4.05. The number of carbonyl (C=O) groups excluding carboxylic acids is 2. The summed E-state index contributed by atoms with van der Waals surface area (Å²) < 4.78 is 16.2. The number of hydrogen-bond donors (Lipinski definition) is 1. The zero-order valence-electron chi connectivity index (χ0n) is 20.5. The van der Waals surface area contributed by atoms with Gasteiger partial charge in [-0.05, 0) is 67.1 Å². The fourth-order valence-electron chi connectivity index (χ4n) is 5.36. The highest BCUT2D eigenvalue weighted by Gasteiger charge is 2.42. The third-order valence-corrected chi connectivity index (χ3v) is 7.45. The molecule has 3 atom stereocenters. The minimum atomic E-state index is -1.19. The smallest absolute Gasteiger partial charge is 0.214 e. The highest BCUT2D eigenvalue weighted by Crippen LogP contribution is 2.45. The largest absolute Gasteiger partial charge is 0.384 e. The van der Waals surface area contributed by atoms with E-state index in [-0.39, 0.29) is 24.1 Å². The maximum atomic E-state index is 14.3. The number of carbonyl (C=O) groups is 2. The molecular formula is C28H33FN2O3. The Kier molecular flexibility index (Phi) is 6.38. The van der Waals surface area contributed by atoms with Gasteiger partial charge in [-0.15, -0.1) is 0 Å². The predicted octanol–water partition coefficient (Wildman–Crippen LogP) is 5.54. The number of fused-ring (bicyclic) bond motifs is 1. The van der Waals surface area contributed by atoms with Crippen molar-refractivity contribution in [3.63, 3.8) is 0 Å². The molecule has 180 valence electrons. The van der Waals surface area contributed by atoms with Gasteiger partial charge in [0, 0.05) is 42.0 Å². The molecule has 0 spiro atoms. The highest BCUT2D eigenvalue weighted by molar-refractivity contribution is 5.97. The van der Waals surface area contributed by atoms with Gasteiger partial charge in [-0.3, -0.25) is 9.59 Å². The van der Waals surface area contributed by atoms with Gasteiger partial charge in [0.15, 0.2) is 0 Å². The lowest BCUT2D eigenvalue weighted by molar-refractivity contribution is -0.118. The van der Waals surface area contributed by atoms with Crippen LogP contribution in [-0.2, 0) is 22.2 Å². The summed E-state index contributed by atoms with van der Waals surface area (Å²) in [6, 6.07) is 12.1. The van der Waals surface area contributed by atoms with Crippen molar-refractivity contribution in [2.45, 2.75) is 70.4 Å². The summed E-state index contributed by atoms with van der Waals surface area (Å²) in [6.45, 7) is 7.84. The quantitative estimate of drug-likeness (QED) is 0.467. The summed E-state index contributed by atoms with van der Waals surface area (Å²) >= 11 is 0. The molecule has 1 heterocycles. The average molecular weight is 465 g/mol. The summed E-state index contributed by atoms with van der Waals surface area (Å²) in [7, 11) is 1.84. The number of Topliss-reactive ketones (excluding diaryl/α,β-unsaturated/α-hetero) is 1. The Morgan fingerprint density at radius 2 is 1.91 bits per heavy atom. The summed E-state index contributed by atoms with van der Waals surface area (Å²) in [6.07, 6.45) is 1.87. The predicted molar refractivity (Wildman–Crippen MR) is 133 cm³/mol. The molecule has 1 aliphatic rings. The van der Waals surface area contributed by atoms with E-state index in [9.17, 15) is 19.1 Å². The van der Waals surface area contributed by atoms with E-state index in [0.717, 1.165) is 17.6 Å². The van der Waals surface area contributed by atoms with Crippen molar-refractivity contribution in [1.29, 1.82) is 0 Å². The highest BCUT2D eigenvalue weighted by atomic mass is 19.1. The Morgan fingerprint density at radius 1 is 1.24 bits per heavy atom. The van der Waals surface area contributed by atoms with Gasteiger partial charge in [-0.1, -0.05) is 32.9 Å². The van der Waals surface area contributed by atoms with E-state index < -0.39 is 11.5 Å². The standard InChI is InChI=1S/C28H33FN2O3/c1-6-28(4,34)27-26(22-13-19(29)9-12-24(22)30(27)5)23-14-21(15-25(23)33)31(16-32)20-10-7-18(8-11-20)17(2)3/h7-13,16-17,21,23,34H,6,14-15H2,1-5H3. The number of ketones is 1. The lowest BCUT2D eigenvalue weighted by Gasteiger charge is -2.27. The Morgan fingerprint density at radius 3 is 2.50 bits per heavy atom. The zero-order chi connectivity index (χ0) is 24.8. The second-order valence-corrected chi connectivity index (χ2v) is 9.98. The number of nitrogens with zero attached hydrogens (tertiary/aromatic N) is 2. The number of aryl methyl sites for hydroxylation is 1. The normalized spacial score (nSPS) is 20.2. The first kappa shape index (κ1) is 24.1. The van der Waals surface area contributed by atoms with E-state index in [2.05, 4.69) is 13.8 Å². The SMILES string of the molecule is CCC(C)(O)c1c(C2CC(N(C=O)c3ccc(C(C)C)cc3)CC2=O)c2cc(F)ccc2n1C. The molecule has 0 radical (unpaired) electrons. The molecule has 2 aromatic carbocycles. The van der Waals surface area contributed by atoms with Crippen molar-refractivity contribution < 1.29 is 19.1 Å². The molecule has 0 aliphatic heterocycles. The fourth-order valence-corrected chi connectivity index (χ4v) is 5.36. The number of rotatable bonds is 7. The molecule has 1 amide bonds. The van der Waals surface area contributed by atoms with Crippen molar-refractivity contribution in [3.05, 3.63) is 65.1 Å². The second kappa shape index (κ2) is 8.99. The number of aliphatic hydroxyl groups is 1. The second-order valence-electron chi connectivity index (χ2n) is 9.98. The van der Waals surface area contributed by atoms with Gasteiger partial charge in [0.2, 0.25) is 6.41 Å². The van der Waals surface area contributed by atoms with Crippen molar-refractivity contribution in [1.82, 2.24) is 4.57 Å². The van der Waals surface area contributed by atoms with Crippen molar-refractivity contribution >= 4 is 28.8 Å². The molecule has 0 bridgehead atoms. The number of hydrogen-bond acceptors (Lipinski definition) is 3. The van der Waals surface area contributed by atoms with E-state index in [1.165, 1.54) is 17.7 Å². The van der Waals surface area contributed by atoms with Crippen LogP contribution in [0.5, 0.6) is 0 Å². The van der Waals surface area contributed by atoms with Crippen molar-refractivity contribution in [2.75, 3.05) is 4.90 Å². The van der Waals surface area contributed by atoms with Gasteiger partial charge in [0.25, 0.3) is 0 Å². The molecule has 1 N–H and O–H groups in total. The minimum absolute atomic E-state index is 0.000523. The van der Waals surface area contributed by atoms with Crippen LogP contribution in [-0.4, -0.2) is 27.9 Å². The van der Waals surface area contributed by atoms with E-state index >= 15 is 0 Å². The van der Waals surface area contributed by atoms with E-state index in [4.69, 9.17) is 0 Å². The monoisotopic (exact) mass is 464 g/mol. The van der Waals surface area contributed by atoms with E-state index in [1.54, 1.807) is 17.9 Å². The molecule has 3 aromatic rings. The third-order valence-electron chi connectivity index (χ3n) is 7.45. The molecule has 1 fully saturated rings. The molecule has 1 aromatic heterocycles. The Balaban J connectivity index is 1.77. The number of amides is 1. The van der Waals surface area contributed by atoms with Crippen LogP contribution in [0.15, 0.2) is 42.5 Å². The first-order chi connectivity index (χ1) is 16.1.